The van der Waals surface area contributed by atoms with E-state index in [1.165, 1.54) is 24.3 Å². The molecule has 0 saturated heterocycles. The highest BCUT2D eigenvalue weighted by atomic mass is 19.1. The second-order valence-electron chi connectivity index (χ2n) is 6.21. The molecular weight excluding hydrogens is 338 g/mol. The van der Waals surface area contributed by atoms with Gasteiger partial charge in [0.05, 0.1) is 17.8 Å². The van der Waals surface area contributed by atoms with Crippen LogP contribution in [0.5, 0.6) is 0 Å². The monoisotopic (exact) mass is 358 g/mol. The molecule has 0 saturated carbocycles. The van der Waals surface area contributed by atoms with Crippen LogP contribution < -0.4 is 0 Å². The Balaban J connectivity index is 1.68. The molecule has 0 spiro atoms. The number of halogens is 2. The van der Waals surface area contributed by atoms with Gasteiger partial charge >= 0.3 is 0 Å². The lowest BCUT2D eigenvalue weighted by molar-refractivity contribution is 0.0421. The topological polar surface area (TPSA) is 41.9 Å². The van der Waals surface area contributed by atoms with Crippen LogP contribution in [0.4, 0.5) is 8.78 Å². The second-order valence-corrected chi connectivity index (χ2v) is 6.21. The predicted molar refractivity (Wildman–Crippen MR) is 95.0 cm³/mol. The van der Waals surface area contributed by atoms with E-state index in [0.717, 1.165) is 6.42 Å². The van der Waals surface area contributed by atoms with Crippen molar-refractivity contribution in [1.29, 1.82) is 0 Å². The molecule has 1 atom stereocenters. The third-order valence-electron chi connectivity index (χ3n) is 4.20. The first-order valence-corrected chi connectivity index (χ1v) is 8.61. The summed E-state index contributed by atoms with van der Waals surface area (Å²) < 4.78 is 27.3. The van der Waals surface area contributed by atoms with E-state index in [-0.39, 0.29) is 23.4 Å². The predicted octanol–water partition coefficient (Wildman–Crippen LogP) is 4.01. The van der Waals surface area contributed by atoms with Crippen molar-refractivity contribution >= 4 is 11.6 Å². The summed E-state index contributed by atoms with van der Waals surface area (Å²) in [6.45, 7) is 2.73. The lowest BCUT2D eigenvalue weighted by Gasteiger charge is -2.24. The lowest BCUT2D eigenvalue weighted by Crippen LogP contribution is -2.38. The summed E-state index contributed by atoms with van der Waals surface area (Å²) >= 11 is 0. The fraction of sp³-hybridized carbons (Fsp3) is 0.300. The van der Waals surface area contributed by atoms with Gasteiger partial charge in [0.15, 0.2) is 6.10 Å². The van der Waals surface area contributed by atoms with Crippen molar-refractivity contribution in [2.45, 2.75) is 25.9 Å². The molecular formula is C20H20F2N2O2. The highest BCUT2D eigenvalue weighted by Crippen LogP contribution is 2.20. The lowest BCUT2D eigenvalue weighted by atomic mass is 10.0. The summed E-state index contributed by atoms with van der Waals surface area (Å²) in [5.74, 6) is -1.24. The number of rotatable bonds is 6. The summed E-state index contributed by atoms with van der Waals surface area (Å²) in [4.78, 5) is 19.7. The van der Waals surface area contributed by atoms with Crippen LogP contribution in [0.3, 0.4) is 0 Å². The largest absolute Gasteiger partial charge is 0.390 e. The van der Waals surface area contributed by atoms with E-state index in [2.05, 4.69) is 5.16 Å². The van der Waals surface area contributed by atoms with Crippen molar-refractivity contribution in [3.05, 3.63) is 71.3 Å². The van der Waals surface area contributed by atoms with Crippen LogP contribution in [0.2, 0.25) is 0 Å². The number of oxime groups is 1. The molecule has 0 N–H and O–H groups in total. The Labute approximate surface area is 151 Å². The Bertz CT molecular complexity index is 823. The molecule has 2 aromatic carbocycles. The van der Waals surface area contributed by atoms with Gasteiger partial charge in [0.2, 0.25) is 0 Å². The zero-order valence-corrected chi connectivity index (χ0v) is 14.5. The van der Waals surface area contributed by atoms with E-state index >= 15 is 0 Å². The highest BCUT2D eigenvalue weighted by Gasteiger charge is 2.27. The number of benzene rings is 2. The fourth-order valence-corrected chi connectivity index (χ4v) is 2.96. The molecule has 1 amide bonds. The number of hydrogen-bond acceptors (Lipinski definition) is 3. The van der Waals surface area contributed by atoms with Crippen molar-refractivity contribution in [2.75, 3.05) is 13.1 Å². The van der Waals surface area contributed by atoms with Gasteiger partial charge in [-0.25, -0.2) is 8.78 Å². The number of carbonyl (C=O) groups excluding carboxylic acids is 1. The van der Waals surface area contributed by atoms with E-state index in [1.54, 1.807) is 29.2 Å². The van der Waals surface area contributed by atoms with Crippen molar-refractivity contribution in [2.24, 2.45) is 5.16 Å². The molecule has 4 nitrogen and oxygen atoms in total. The average Bonchev–Trinajstić information content (AvgIpc) is 3.10. The fourth-order valence-electron chi connectivity index (χ4n) is 2.96. The summed E-state index contributed by atoms with van der Waals surface area (Å²) in [5, 5.41) is 4.03. The molecule has 1 unspecified atom stereocenters. The van der Waals surface area contributed by atoms with Crippen molar-refractivity contribution in [3.8, 4) is 0 Å². The molecule has 0 radical (unpaired) electrons. The zero-order valence-electron chi connectivity index (χ0n) is 14.5. The minimum atomic E-state index is -0.539. The van der Waals surface area contributed by atoms with Crippen LogP contribution >= 0.6 is 0 Å². The quantitative estimate of drug-likeness (QED) is 0.783. The normalized spacial score (nSPS) is 16.1. The van der Waals surface area contributed by atoms with Gasteiger partial charge in [-0.05, 0) is 30.7 Å². The molecule has 2 aromatic rings. The van der Waals surface area contributed by atoms with Crippen molar-refractivity contribution in [1.82, 2.24) is 4.90 Å². The van der Waals surface area contributed by atoms with Crippen LogP contribution in [0.15, 0.2) is 53.7 Å². The molecule has 136 valence electrons. The van der Waals surface area contributed by atoms with Gasteiger partial charge in [-0.15, -0.1) is 0 Å². The Morgan fingerprint density at radius 3 is 2.77 bits per heavy atom. The van der Waals surface area contributed by atoms with E-state index < -0.39 is 5.82 Å². The van der Waals surface area contributed by atoms with Crippen LogP contribution in [0.25, 0.3) is 0 Å². The van der Waals surface area contributed by atoms with Gasteiger partial charge in [-0.1, -0.05) is 36.3 Å². The van der Waals surface area contributed by atoms with Gasteiger partial charge in [-0.2, -0.15) is 0 Å². The first-order chi connectivity index (χ1) is 12.6. The molecule has 3 rings (SSSR count). The van der Waals surface area contributed by atoms with Gasteiger partial charge < -0.3 is 9.74 Å². The average molecular weight is 358 g/mol. The molecule has 0 aliphatic carbocycles. The maximum Gasteiger partial charge on any atom is 0.256 e. The summed E-state index contributed by atoms with van der Waals surface area (Å²) in [6, 6.07) is 12.1. The molecule has 0 aromatic heterocycles. The first kappa shape index (κ1) is 18.0. The van der Waals surface area contributed by atoms with Crippen LogP contribution in [-0.2, 0) is 4.84 Å². The molecule has 26 heavy (non-hydrogen) atoms. The first-order valence-electron chi connectivity index (χ1n) is 8.61. The number of carbonyl (C=O) groups is 1. The summed E-state index contributed by atoms with van der Waals surface area (Å²) in [7, 11) is 0. The van der Waals surface area contributed by atoms with Crippen LogP contribution in [-0.4, -0.2) is 35.7 Å². The smallest absolute Gasteiger partial charge is 0.256 e. The minimum Gasteiger partial charge on any atom is -0.390 e. The third-order valence-corrected chi connectivity index (χ3v) is 4.20. The van der Waals surface area contributed by atoms with Crippen molar-refractivity contribution in [3.63, 3.8) is 0 Å². The molecule has 1 aliphatic rings. The van der Waals surface area contributed by atoms with Gasteiger partial charge in [0.25, 0.3) is 5.91 Å². The Morgan fingerprint density at radius 2 is 2.04 bits per heavy atom. The van der Waals surface area contributed by atoms with E-state index in [1.807, 2.05) is 6.92 Å². The molecule has 0 bridgehead atoms. The molecule has 1 aliphatic heterocycles. The molecule has 6 heteroatoms. The Kier molecular flexibility index (Phi) is 5.61. The minimum absolute atomic E-state index is 0.0465. The third kappa shape index (κ3) is 4.07. The van der Waals surface area contributed by atoms with Gasteiger partial charge in [0, 0.05) is 18.5 Å². The van der Waals surface area contributed by atoms with Gasteiger partial charge in [-0.3, -0.25) is 4.79 Å². The van der Waals surface area contributed by atoms with E-state index in [4.69, 9.17) is 4.84 Å². The Hall–Kier alpha value is -2.76. The highest BCUT2D eigenvalue weighted by molar-refractivity contribution is 6.01. The summed E-state index contributed by atoms with van der Waals surface area (Å²) in [6.07, 6.45) is 0.870. The standard InChI is InChI=1S/C20H20F2N2O2/c1-2-10-24(20(25)17-8-3-4-9-18(17)22)13-16-12-19(23-26-16)14-6-5-7-15(21)11-14/h3-9,11,16H,2,10,12-13H2,1H3. The van der Waals surface area contributed by atoms with Gasteiger partial charge in [0.1, 0.15) is 11.6 Å². The number of amides is 1. The number of hydrogen-bond donors (Lipinski definition) is 0. The molecule has 0 fully saturated rings. The van der Waals surface area contributed by atoms with Crippen molar-refractivity contribution < 1.29 is 18.4 Å². The maximum atomic E-state index is 13.9. The van der Waals surface area contributed by atoms with Crippen LogP contribution in [0.1, 0.15) is 35.7 Å². The van der Waals surface area contributed by atoms with E-state index in [0.29, 0.717) is 30.8 Å². The number of nitrogens with zero attached hydrogens (tertiary/aromatic N) is 2. The maximum absolute atomic E-state index is 13.9. The molecule has 1 heterocycles. The van der Waals surface area contributed by atoms with E-state index in [9.17, 15) is 13.6 Å². The van der Waals surface area contributed by atoms with Crippen LogP contribution in [0, 0.1) is 11.6 Å². The summed E-state index contributed by atoms with van der Waals surface area (Å²) in [5.41, 5.74) is 1.35. The zero-order chi connectivity index (χ0) is 18.5. The Morgan fingerprint density at radius 1 is 1.23 bits per heavy atom. The SMILES string of the molecule is CCCN(CC1CC(c2cccc(F)c2)=NO1)C(=O)c1ccccc1F. The second kappa shape index (κ2) is 8.08.